The maximum atomic E-state index is 13.5. The zero-order chi connectivity index (χ0) is 24.3. The van der Waals surface area contributed by atoms with Gasteiger partial charge in [-0.2, -0.15) is 17.6 Å². The van der Waals surface area contributed by atoms with E-state index < -0.39 is 51.0 Å². The third kappa shape index (κ3) is 19.7. The van der Waals surface area contributed by atoms with Crippen LogP contribution in [0.2, 0.25) is 0 Å². The lowest BCUT2D eigenvalue weighted by atomic mass is 10.4. The predicted molar refractivity (Wildman–Crippen MR) is 100 cm³/mol. The fourth-order valence-electron chi connectivity index (χ4n) is 1.87. The molecule has 0 aromatic heterocycles. The molecular weight excluding hydrogens is 452 g/mol. The van der Waals surface area contributed by atoms with Crippen LogP contribution < -0.4 is 0 Å². The lowest BCUT2D eigenvalue weighted by Crippen LogP contribution is -2.40. The molecule has 0 bridgehead atoms. The van der Waals surface area contributed by atoms with Gasteiger partial charge in [0.25, 0.3) is 0 Å². The Balaban J connectivity index is 3.82. The van der Waals surface area contributed by atoms with Gasteiger partial charge in [-0.15, -0.1) is 6.58 Å². The van der Waals surface area contributed by atoms with E-state index in [4.69, 9.17) is 24.1 Å². The Morgan fingerprint density at radius 2 is 1.22 bits per heavy atom. The Morgan fingerprint density at radius 3 is 1.81 bits per heavy atom. The van der Waals surface area contributed by atoms with Crippen LogP contribution in [0.25, 0.3) is 0 Å². The van der Waals surface area contributed by atoms with Crippen molar-refractivity contribution in [3.05, 3.63) is 12.7 Å². The first-order valence-electron chi connectivity index (χ1n) is 9.62. The highest BCUT2D eigenvalue weighted by molar-refractivity contribution is 4.65. The molecule has 0 spiro atoms. The molecule has 192 valence electrons. The Morgan fingerprint density at radius 1 is 0.719 bits per heavy atom. The summed E-state index contributed by atoms with van der Waals surface area (Å²) in [5.74, 6) is 0. The highest BCUT2D eigenvalue weighted by Gasteiger charge is 2.44. The molecule has 2 unspecified atom stereocenters. The summed E-state index contributed by atoms with van der Waals surface area (Å²) in [6, 6.07) is 0. The molecule has 3 N–H and O–H groups in total. The maximum Gasteiger partial charge on any atom is 0.383 e. The molecule has 0 heterocycles. The lowest BCUT2D eigenvalue weighted by molar-refractivity contribution is -0.396. The summed E-state index contributed by atoms with van der Waals surface area (Å²) >= 11 is 0. The van der Waals surface area contributed by atoms with Crippen LogP contribution >= 0.6 is 0 Å². The summed E-state index contributed by atoms with van der Waals surface area (Å²) in [6.45, 7) is -1.14. The second-order valence-corrected chi connectivity index (χ2v) is 6.27. The first-order chi connectivity index (χ1) is 15.1. The molecule has 0 amide bonds. The number of hydrogen-bond donors (Lipinski definition) is 3. The van der Waals surface area contributed by atoms with Crippen LogP contribution in [0.15, 0.2) is 12.7 Å². The second kappa shape index (κ2) is 18.5. The van der Waals surface area contributed by atoms with Crippen LogP contribution in [0.5, 0.6) is 0 Å². The molecular formula is C18H32F4O10. The van der Waals surface area contributed by atoms with Crippen molar-refractivity contribution in [2.75, 3.05) is 79.5 Å². The van der Waals surface area contributed by atoms with E-state index in [2.05, 4.69) is 20.8 Å². The van der Waals surface area contributed by atoms with Gasteiger partial charge >= 0.3 is 12.2 Å². The van der Waals surface area contributed by atoms with Crippen molar-refractivity contribution in [3.8, 4) is 0 Å². The minimum atomic E-state index is -4.33. The van der Waals surface area contributed by atoms with Gasteiger partial charge < -0.3 is 43.7 Å². The van der Waals surface area contributed by atoms with Crippen LogP contribution in [0.3, 0.4) is 0 Å². The van der Waals surface area contributed by atoms with E-state index in [9.17, 15) is 27.8 Å². The fraction of sp³-hybridized carbons (Fsp3) is 0.889. The highest BCUT2D eigenvalue weighted by atomic mass is 19.3. The number of hydrogen-bond acceptors (Lipinski definition) is 10. The Hall–Kier alpha value is -0.940. The van der Waals surface area contributed by atoms with Gasteiger partial charge in [0.2, 0.25) is 0 Å². The number of aliphatic hydroxyl groups is 3. The van der Waals surface area contributed by atoms with Crippen molar-refractivity contribution in [2.24, 2.45) is 0 Å². The number of alkyl halides is 4. The molecule has 0 fully saturated rings. The average molecular weight is 484 g/mol. The molecule has 2 atom stereocenters. The zero-order valence-electron chi connectivity index (χ0n) is 17.6. The molecule has 0 aliphatic heterocycles. The van der Waals surface area contributed by atoms with E-state index in [1.807, 2.05) is 0 Å². The molecule has 0 saturated heterocycles. The van der Waals surface area contributed by atoms with Crippen LogP contribution in [-0.2, 0) is 33.2 Å². The summed E-state index contributed by atoms with van der Waals surface area (Å²) in [4.78, 5) is 0. The quantitative estimate of drug-likeness (QED) is 0.0799. The number of rotatable bonds is 23. The van der Waals surface area contributed by atoms with Crippen LogP contribution in [-0.4, -0.2) is 119 Å². The third-order valence-electron chi connectivity index (χ3n) is 3.09. The third-order valence-corrected chi connectivity index (χ3v) is 3.09. The molecule has 0 aliphatic rings. The minimum Gasteiger partial charge on any atom is -0.394 e. The molecule has 0 rings (SSSR count). The van der Waals surface area contributed by atoms with Gasteiger partial charge in [-0.25, -0.2) is 0 Å². The van der Waals surface area contributed by atoms with Crippen molar-refractivity contribution in [1.29, 1.82) is 0 Å². The van der Waals surface area contributed by atoms with E-state index in [-0.39, 0.29) is 52.9 Å². The van der Waals surface area contributed by atoms with E-state index in [0.717, 1.165) is 0 Å². The van der Waals surface area contributed by atoms with Crippen LogP contribution in [0, 0.1) is 0 Å². The smallest absolute Gasteiger partial charge is 0.383 e. The van der Waals surface area contributed by atoms with Crippen molar-refractivity contribution in [1.82, 2.24) is 0 Å². The van der Waals surface area contributed by atoms with E-state index in [0.29, 0.717) is 0 Å². The molecule has 0 radical (unpaired) electrons. The van der Waals surface area contributed by atoms with Gasteiger partial charge in [-0.05, 0) is 0 Å². The van der Waals surface area contributed by atoms with Crippen LogP contribution in [0.1, 0.15) is 0 Å². The van der Waals surface area contributed by atoms with E-state index >= 15 is 0 Å². The number of ether oxygens (including phenoxy) is 7. The van der Waals surface area contributed by atoms with Crippen molar-refractivity contribution in [2.45, 2.75) is 24.4 Å². The first-order valence-corrected chi connectivity index (χ1v) is 9.62. The topological polar surface area (TPSA) is 125 Å². The SMILES string of the molecule is C=CCOCC(O)COCC(F)(F)OC(F)(F)COCOCCOCC(O)COCCO. The Bertz CT molecular complexity index is 459. The van der Waals surface area contributed by atoms with Crippen LogP contribution in [0.4, 0.5) is 17.6 Å². The Kier molecular flexibility index (Phi) is 17.9. The van der Waals surface area contributed by atoms with E-state index in [1.165, 1.54) is 6.08 Å². The molecule has 0 aromatic carbocycles. The monoisotopic (exact) mass is 484 g/mol. The standard InChI is InChI=1S/C18H32F4O10/c1-2-4-26-8-16(25)11-30-12-17(19,20)32-18(21,22)13-31-14-29-7-6-28-10-15(24)9-27-5-3-23/h2,15-16,23-25H,1,3-14H2. The molecule has 32 heavy (non-hydrogen) atoms. The van der Waals surface area contributed by atoms with Crippen molar-refractivity contribution < 1.29 is 66.0 Å². The highest BCUT2D eigenvalue weighted by Crippen LogP contribution is 2.27. The normalized spacial score (nSPS) is 14.5. The second-order valence-electron chi connectivity index (χ2n) is 6.27. The number of halogens is 4. The first kappa shape index (κ1) is 31.1. The van der Waals surface area contributed by atoms with Gasteiger partial charge in [0, 0.05) is 0 Å². The lowest BCUT2D eigenvalue weighted by Gasteiger charge is -2.24. The van der Waals surface area contributed by atoms with Gasteiger partial charge in [0.1, 0.15) is 32.2 Å². The summed E-state index contributed by atoms with van der Waals surface area (Å²) < 4.78 is 85.8. The van der Waals surface area contributed by atoms with Crippen molar-refractivity contribution >= 4 is 0 Å². The average Bonchev–Trinajstić information content (AvgIpc) is 2.69. The van der Waals surface area contributed by atoms with Gasteiger partial charge in [-0.1, -0.05) is 6.08 Å². The maximum absolute atomic E-state index is 13.5. The zero-order valence-corrected chi connectivity index (χ0v) is 17.6. The van der Waals surface area contributed by atoms with E-state index in [1.54, 1.807) is 0 Å². The van der Waals surface area contributed by atoms with Gasteiger partial charge in [-0.3, -0.25) is 4.74 Å². The molecule has 0 aliphatic carbocycles. The predicted octanol–water partition coefficient (Wildman–Crippen LogP) is 0.146. The molecule has 14 heteroatoms. The van der Waals surface area contributed by atoms with Crippen molar-refractivity contribution in [3.63, 3.8) is 0 Å². The summed E-state index contributed by atoms with van der Waals surface area (Å²) in [7, 11) is 0. The molecule has 10 nitrogen and oxygen atoms in total. The largest absolute Gasteiger partial charge is 0.394 e. The summed E-state index contributed by atoms with van der Waals surface area (Å²) in [5, 5.41) is 27.4. The summed E-state index contributed by atoms with van der Waals surface area (Å²) in [6.07, 6.45) is -9.36. The number of aliphatic hydroxyl groups excluding tert-OH is 3. The minimum absolute atomic E-state index is 0.00715. The molecule has 0 saturated carbocycles. The molecule has 0 aromatic rings. The van der Waals surface area contributed by atoms with Gasteiger partial charge in [0.05, 0.1) is 59.5 Å². The Labute approximate surface area is 183 Å². The van der Waals surface area contributed by atoms with Gasteiger partial charge in [0.15, 0.2) is 0 Å². The summed E-state index contributed by atoms with van der Waals surface area (Å²) in [5.41, 5.74) is 0. The fourth-order valence-corrected chi connectivity index (χ4v) is 1.87.